The van der Waals surface area contributed by atoms with Crippen molar-refractivity contribution >= 4 is 11.9 Å². The quantitative estimate of drug-likeness (QED) is 0.283. The molecule has 2 aromatic carbocycles. The smallest absolute Gasteiger partial charge is 0.333 e. The molecular formula is C29H36O6. The highest BCUT2D eigenvalue weighted by Gasteiger charge is 2.23. The van der Waals surface area contributed by atoms with Gasteiger partial charge in [0.05, 0.1) is 0 Å². The van der Waals surface area contributed by atoms with E-state index in [1.54, 1.807) is 27.7 Å². The number of carbonyl (C=O) groups is 2. The third kappa shape index (κ3) is 8.32. The Balaban J connectivity index is 1.94. The second kappa shape index (κ2) is 12.2. The minimum absolute atomic E-state index is 0.244. The van der Waals surface area contributed by atoms with E-state index in [1.165, 1.54) is 0 Å². The number of esters is 2. The Labute approximate surface area is 208 Å². The minimum Gasteiger partial charge on any atom is -0.490 e. The Morgan fingerprint density at radius 2 is 1.03 bits per heavy atom. The molecule has 0 heterocycles. The van der Waals surface area contributed by atoms with Crippen molar-refractivity contribution in [1.82, 2.24) is 0 Å². The van der Waals surface area contributed by atoms with Crippen molar-refractivity contribution in [3.63, 3.8) is 0 Å². The monoisotopic (exact) mass is 480 g/mol. The maximum atomic E-state index is 11.6. The molecule has 0 aliphatic rings. The van der Waals surface area contributed by atoms with Crippen molar-refractivity contribution in [2.24, 2.45) is 0 Å². The molecule has 1 unspecified atom stereocenters. The largest absolute Gasteiger partial charge is 0.490 e. The van der Waals surface area contributed by atoms with Crippen LogP contribution in [0.15, 0.2) is 72.8 Å². The maximum Gasteiger partial charge on any atom is 0.333 e. The van der Waals surface area contributed by atoms with E-state index in [0.717, 1.165) is 11.1 Å². The van der Waals surface area contributed by atoms with E-state index >= 15 is 0 Å². The second-order valence-corrected chi connectivity index (χ2v) is 9.29. The molecule has 0 saturated heterocycles. The first-order valence-electron chi connectivity index (χ1n) is 11.6. The summed E-state index contributed by atoms with van der Waals surface area (Å²) in [6, 6.07) is 15.8. The first-order valence-corrected chi connectivity index (χ1v) is 11.6. The molecule has 0 aliphatic carbocycles. The van der Waals surface area contributed by atoms with E-state index in [9.17, 15) is 9.59 Å². The molecule has 188 valence electrons. The van der Waals surface area contributed by atoms with Crippen LogP contribution in [0.2, 0.25) is 0 Å². The Morgan fingerprint density at radius 1 is 0.714 bits per heavy atom. The van der Waals surface area contributed by atoms with Gasteiger partial charge in [-0.2, -0.15) is 0 Å². The van der Waals surface area contributed by atoms with Crippen LogP contribution in [-0.2, 0) is 24.5 Å². The lowest BCUT2D eigenvalue weighted by molar-refractivity contribution is -0.145. The summed E-state index contributed by atoms with van der Waals surface area (Å²) in [5.74, 6) is 0.562. The molecule has 0 spiro atoms. The SMILES string of the molecule is C=C(C)C(=O)OC(C)COc1ccc(C(C)(C)c2ccc(OC[C@@H](C)OC(=O)C(=C)C)cc2)cc1. The number of carbonyl (C=O) groups excluding carboxylic acids is 2. The van der Waals surface area contributed by atoms with E-state index in [-0.39, 0.29) is 30.8 Å². The summed E-state index contributed by atoms with van der Waals surface area (Å²) < 4.78 is 22.0. The van der Waals surface area contributed by atoms with Gasteiger partial charge in [0.1, 0.15) is 36.9 Å². The molecule has 35 heavy (non-hydrogen) atoms. The van der Waals surface area contributed by atoms with Gasteiger partial charge in [-0.15, -0.1) is 0 Å². The third-order valence-corrected chi connectivity index (χ3v) is 5.43. The number of hydrogen-bond acceptors (Lipinski definition) is 6. The van der Waals surface area contributed by atoms with Gasteiger partial charge in [0.2, 0.25) is 0 Å². The normalized spacial score (nSPS) is 12.7. The Morgan fingerprint density at radius 3 is 1.31 bits per heavy atom. The van der Waals surface area contributed by atoms with Crippen LogP contribution in [0.4, 0.5) is 0 Å². The molecule has 0 aromatic heterocycles. The van der Waals surface area contributed by atoms with Crippen molar-refractivity contribution in [3.8, 4) is 11.5 Å². The van der Waals surface area contributed by atoms with Gasteiger partial charge in [0.25, 0.3) is 0 Å². The van der Waals surface area contributed by atoms with Gasteiger partial charge in [-0.05, 0) is 63.1 Å². The Hall–Kier alpha value is -3.54. The molecule has 0 aliphatic heterocycles. The number of rotatable bonds is 12. The topological polar surface area (TPSA) is 71.1 Å². The lowest BCUT2D eigenvalue weighted by atomic mass is 9.78. The molecule has 0 N–H and O–H groups in total. The van der Waals surface area contributed by atoms with Crippen molar-refractivity contribution < 1.29 is 28.5 Å². The molecule has 0 amide bonds. The zero-order valence-corrected chi connectivity index (χ0v) is 21.6. The summed E-state index contributed by atoms with van der Waals surface area (Å²) in [5, 5.41) is 0. The average Bonchev–Trinajstić information content (AvgIpc) is 2.81. The Bertz CT molecular complexity index is 950. The van der Waals surface area contributed by atoms with Crippen LogP contribution in [0.25, 0.3) is 0 Å². The first kappa shape index (κ1) is 27.7. The average molecular weight is 481 g/mol. The van der Waals surface area contributed by atoms with E-state index in [0.29, 0.717) is 22.6 Å². The summed E-state index contributed by atoms with van der Waals surface area (Å²) in [7, 11) is 0. The van der Waals surface area contributed by atoms with Crippen LogP contribution in [-0.4, -0.2) is 37.4 Å². The maximum absolute atomic E-state index is 11.6. The van der Waals surface area contributed by atoms with Gasteiger partial charge in [-0.3, -0.25) is 0 Å². The summed E-state index contributed by atoms with van der Waals surface area (Å²) >= 11 is 0. The molecule has 0 radical (unpaired) electrons. The second-order valence-electron chi connectivity index (χ2n) is 9.29. The first-order chi connectivity index (χ1) is 16.4. The van der Waals surface area contributed by atoms with Crippen molar-refractivity contribution in [1.29, 1.82) is 0 Å². The van der Waals surface area contributed by atoms with Crippen molar-refractivity contribution in [2.75, 3.05) is 13.2 Å². The molecular weight excluding hydrogens is 444 g/mol. The van der Waals surface area contributed by atoms with Crippen molar-refractivity contribution in [3.05, 3.63) is 84.0 Å². The van der Waals surface area contributed by atoms with Gasteiger partial charge in [-0.1, -0.05) is 51.3 Å². The van der Waals surface area contributed by atoms with Crippen molar-refractivity contribution in [2.45, 2.75) is 59.2 Å². The van der Waals surface area contributed by atoms with E-state index in [1.807, 2.05) is 48.5 Å². The van der Waals surface area contributed by atoms with Gasteiger partial charge in [0.15, 0.2) is 0 Å². The third-order valence-electron chi connectivity index (χ3n) is 5.43. The van der Waals surface area contributed by atoms with E-state index < -0.39 is 11.9 Å². The van der Waals surface area contributed by atoms with E-state index in [4.69, 9.17) is 18.9 Å². The fourth-order valence-corrected chi connectivity index (χ4v) is 3.16. The van der Waals surface area contributed by atoms with E-state index in [2.05, 4.69) is 27.0 Å². The highest BCUT2D eigenvalue weighted by molar-refractivity contribution is 5.87. The zero-order valence-electron chi connectivity index (χ0n) is 21.6. The molecule has 6 nitrogen and oxygen atoms in total. The molecule has 2 aromatic rings. The van der Waals surface area contributed by atoms with Crippen LogP contribution in [0.3, 0.4) is 0 Å². The van der Waals surface area contributed by atoms with Gasteiger partial charge in [-0.25, -0.2) is 9.59 Å². The number of hydrogen-bond donors (Lipinski definition) is 0. The Kier molecular flexibility index (Phi) is 9.69. The molecule has 0 saturated carbocycles. The highest BCUT2D eigenvalue weighted by Crippen LogP contribution is 2.33. The summed E-state index contributed by atoms with van der Waals surface area (Å²) in [5.41, 5.74) is 2.73. The fourth-order valence-electron chi connectivity index (χ4n) is 3.16. The van der Waals surface area contributed by atoms with Crippen LogP contribution >= 0.6 is 0 Å². The zero-order chi connectivity index (χ0) is 26.2. The van der Waals surface area contributed by atoms with Crippen LogP contribution < -0.4 is 9.47 Å². The number of ether oxygens (including phenoxy) is 4. The summed E-state index contributed by atoms with van der Waals surface area (Å²) in [6.07, 6.45) is -0.755. The summed E-state index contributed by atoms with van der Waals surface area (Å²) in [4.78, 5) is 23.2. The fraction of sp³-hybridized carbons (Fsp3) is 0.379. The molecule has 0 bridgehead atoms. The van der Waals surface area contributed by atoms with Gasteiger partial charge in [0, 0.05) is 16.6 Å². The lowest BCUT2D eigenvalue weighted by Gasteiger charge is -2.26. The summed E-state index contributed by atoms with van der Waals surface area (Å²) in [6.45, 7) is 18.8. The lowest BCUT2D eigenvalue weighted by Crippen LogP contribution is -2.22. The van der Waals surface area contributed by atoms with Crippen LogP contribution in [0.1, 0.15) is 52.7 Å². The van der Waals surface area contributed by atoms with Crippen LogP contribution in [0.5, 0.6) is 11.5 Å². The van der Waals surface area contributed by atoms with Gasteiger partial charge < -0.3 is 18.9 Å². The molecule has 0 fully saturated rings. The predicted molar refractivity (Wildman–Crippen MR) is 137 cm³/mol. The predicted octanol–water partition coefficient (Wildman–Crippen LogP) is 5.79. The molecule has 2 atom stereocenters. The molecule has 2 rings (SSSR count). The molecule has 6 heteroatoms. The minimum atomic E-state index is -0.421. The number of benzene rings is 2. The standard InChI is InChI=1S/C29H36O6/c1-19(2)27(30)34-21(5)17-32-25-13-9-23(10-14-25)29(7,8)24-11-15-26(16-12-24)33-18-22(6)35-28(31)20(3)4/h9-16,21-22H,1,3,17-18H2,2,4-8H3/t21-,22?/m1/s1. The van der Waals surface area contributed by atoms with Gasteiger partial charge >= 0.3 is 11.9 Å². The highest BCUT2D eigenvalue weighted by atomic mass is 16.6. The van der Waals surface area contributed by atoms with Crippen LogP contribution in [0, 0.1) is 0 Å².